The van der Waals surface area contributed by atoms with Gasteiger partial charge in [0.25, 0.3) is 0 Å². The molecule has 0 amide bonds. The van der Waals surface area contributed by atoms with Crippen molar-refractivity contribution in [2.45, 2.75) is 38.4 Å². The van der Waals surface area contributed by atoms with Gasteiger partial charge in [-0.3, -0.25) is 9.71 Å². The number of nitrogens with zero attached hydrogens (tertiary/aromatic N) is 4. The molecule has 196 valence electrons. The Bertz CT molecular complexity index is 1390. The molecule has 3 N–H and O–H groups in total. The molecule has 3 aromatic rings. The summed E-state index contributed by atoms with van der Waals surface area (Å²) in [5.41, 5.74) is 8.10. The van der Waals surface area contributed by atoms with Gasteiger partial charge in [0.2, 0.25) is 10.0 Å². The van der Waals surface area contributed by atoms with Crippen LogP contribution in [0, 0.1) is 5.82 Å². The SMILES string of the molecule is CCCS(=O)(=O)Nc1cc(-c2cc(-c3cnc(N4CC5CCC(C4)O5)cn3)cnc2N)cc(F)c1OC. The van der Waals surface area contributed by atoms with Crippen molar-refractivity contribution >= 4 is 27.3 Å². The molecule has 2 saturated heterocycles. The second-order valence-electron chi connectivity index (χ2n) is 9.24. The standard InChI is InChI=1S/C25H29FN6O4S/c1-3-6-37(33,34)31-21-9-15(8-20(26)24(21)35-2)19-7-16(10-30-25(19)27)22-11-29-23(12-28-22)32-13-17-4-5-18(14-32)36-17/h7-12,17-18,31H,3-6,13-14H2,1-2H3,(H2,27,30). The van der Waals surface area contributed by atoms with Gasteiger partial charge in [0.15, 0.2) is 11.6 Å². The monoisotopic (exact) mass is 528 g/mol. The van der Waals surface area contributed by atoms with E-state index in [9.17, 15) is 12.8 Å². The van der Waals surface area contributed by atoms with E-state index in [1.165, 1.54) is 19.2 Å². The quantitative estimate of drug-likeness (QED) is 0.451. The third-order valence-electron chi connectivity index (χ3n) is 6.52. The molecule has 12 heteroatoms. The molecular formula is C25H29FN6O4S. The van der Waals surface area contributed by atoms with Crippen molar-refractivity contribution in [1.82, 2.24) is 15.0 Å². The number of methoxy groups -OCH3 is 1. The Morgan fingerprint density at radius 2 is 1.86 bits per heavy atom. The van der Waals surface area contributed by atoms with E-state index in [-0.39, 0.29) is 35.2 Å². The molecular weight excluding hydrogens is 499 g/mol. The van der Waals surface area contributed by atoms with Crippen LogP contribution in [-0.2, 0) is 14.8 Å². The Hall–Kier alpha value is -3.51. The van der Waals surface area contributed by atoms with E-state index in [1.54, 1.807) is 31.6 Å². The molecule has 2 aromatic heterocycles. The second kappa shape index (κ2) is 10.1. The fourth-order valence-corrected chi connectivity index (χ4v) is 5.93. The molecule has 1 aromatic carbocycles. The van der Waals surface area contributed by atoms with Crippen LogP contribution in [-0.4, -0.2) is 61.5 Å². The minimum Gasteiger partial charge on any atom is -0.492 e. The largest absolute Gasteiger partial charge is 0.492 e. The molecule has 0 saturated carbocycles. The van der Waals surface area contributed by atoms with E-state index in [4.69, 9.17) is 15.2 Å². The molecule has 2 unspecified atom stereocenters. The first-order valence-corrected chi connectivity index (χ1v) is 13.8. The topological polar surface area (TPSA) is 133 Å². The first kappa shape index (κ1) is 25.2. The summed E-state index contributed by atoms with van der Waals surface area (Å²) in [4.78, 5) is 15.6. The first-order valence-electron chi connectivity index (χ1n) is 12.1. The number of sulfonamides is 1. The van der Waals surface area contributed by atoms with Crippen LogP contribution in [0.2, 0.25) is 0 Å². The van der Waals surface area contributed by atoms with E-state index in [0.717, 1.165) is 31.7 Å². The average Bonchev–Trinajstić information content (AvgIpc) is 3.21. The molecule has 0 radical (unpaired) electrons. The number of nitrogens with one attached hydrogen (secondary N) is 1. The summed E-state index contributed by atoms with van der Waals surface area (Å²) in [5, 5.41) is 0. The summed E-state index contributed by atoms with van der Waals surface area (Å²) in [5.74, 6) is -0.105. The Balaban J connectivity index is 1.45. The predicted molar refractivity (Wildman–Crippen MR) is 139 cm³/mol. The Kier molecular flexibility index (Phi) is 6.86. The third kappa shape index (κ3) is 5.30. The smallest absolute Gasteiger partial charge is 0.232 e. The Morgan fingerprint density at radius 1 is 1.11 bits per heavy atom. The number of nitrogen functional groups attached to an aromatic ring is 1. The summed E-state index contributed by atoms with van der Waals surface area (Å²) < 4.78 is 53.1. The van der Waals surface area contributed by atoms with Crippen molar-refractivity contribution in [3.63, 3.8) is 0 Å². The minimum absolute atomic E-state index is 0.0145. The van der Waals surface area contributed by atoms with Gasteiger partial charge in [-0.1, -0.05) is 6.92 Å². The molecule has 2 atom stereocenters. The van der Waals surface area contributed by atoms with Crippen LogP contribution in [0.15, 0.2) is 36.8 Å². The Labute approximate surface area is 215 Å². The number of halogens is 1. The summed E-state index contributed by atoms with van der Waals surface area (Å²) in [6.45, 7) is 3.34. The summed E-state index contributed by atoms with van der Waals surface area (Å²) in [7, 11) is -2.41. The molecule has 10 nitrogen and oxygen atoms in total. The van der Waals surface area contributed by atoms with E-state index in [1.807, 2.05) is 0 Å². The number of morpholine rings is 1. The van der Waals surface area contributed by atoms with Crippen LogP contribution in [0.1, 0.15) is 26.2 Å². The summed E-state index contributed by atoms with van der Waals surface area (Å²) in [6, 6.07) is 4.44. The molecule has 5 rings (SSSR count). The van der Waals surface area contributed by atoms with Crippen LogP contribution in [0.25, 0.3) is 22.4 Å². The molecule has 37 heavy (non-hydrogen) atoms. The van der Waals surface area contributed by atoms with Crippen molar-refractivity contribution in [3.05, 3.63) is 42.6 Å². The van der Waals surface area contributed by atoms with Crippen molar-refractivity contribution < 1.29 is 22.3 Å². The maximum absolute atomic E-state index is 14.9. The molecule has 0 aliphatic carbocycles. The number of rotatable bonds is 8. The molecule has 2 bridgehead atoms. The van der Waals surface area contributed by atoms with Crippen molar-refractivity contribution in [2.24, 2.45) is 0 Å². The average molecular weight is 529 g/mol. The van der Waals surface area contributed by atoms with Gasteiger partial charge in [0.05, 0.1) is 48.8 Å². The molecule has 4 heterocycles. The fourth-order valence-electron chi connectivity index (χ4n) is 4.80. The van der Waals surface area contributed by atoms with E-state index in [0.29, 0.717) is 28.8 Å². The highest BCUT2D eigenvalue weighted by molar-refractivity contribution is 7.92. The molecule has 2 aliphatic rings. The zero-order valence-electron chi connectivity index (χ0n) is 20.6. The summed E-state index contributed by atoms with van der Waals surface area (Å²) >= 11 is 0. The van der Waals surface area contributed by atoms with Crippen molar-refractivity contribution in [3.8, 4) is 28.1 Å². The normalized spacial score (nSPS) is 19.2. The van der Waals surface area contributed by atoms with Gasteiger partial charge in [-0.15, -0.1) is 0 Å². The fraction of sp³-hybridized carbons (Fsp3) is 0.400. The third-order valence-corrected chi connectivity index (χ3v) is 7.99. The number of benzene rings is 1. The number of fused-ring (bicyclic) bond motifs is 2. The number of ether oxygens (including phenoxy) is 2. The molecule has 0 spiro atoms. The number of hydrogen-bond donors (Lipinski definition) is 2. The van der Waals surface area contributed by atoms with Crippen LogP contribution in [0.5, 0.6) is 5.75 Å². The summed E-state index contributed by atoms with van der Waals surface area (Å²) in [6.07, 6.45) is 8.00. The van der Waals surface area contributed by atoms with Gasteiger partial charge in [0.1, 0.15) is 11.6 Å². The highest BCUT2D eigenvalue weighted by atomic mass is 32.2. The van der Waals surface area contributed by atoms with Crippen molar-refractivity contribution in [2.75, 3.05) is 41.3 Å². The maximum Gasteiger partial charge on any atom is 0.232 e. The van der Waals surface area contributed by atoms with Gasteiger partial charge >= 0.3 is 0 Å². The van der Waals surface area contributed by atoms with Gasteiger partial charge in [-0.25, -0.2) is 22.8 Å². The molecule has 2 fully saturated rings. The first-order chi connectivity index (χ1) is 17.8. The van der Waals surface area contributed by atoms with Gasteiger partial charge in [0, 0.05) is 30.4 Å². The van der Waals surface area contributed by atoms with Crippen LogP contribution < -0.4 is 20.1 Å². The lowest BCUT2D eigenvalue weighted by molar-refractivity contribution is 0.0302. The molecule has 2 aliphatic heterocycles. The van der Waals surface area contributed by atoms with E-state index in [2.05, 4.69) is 24.6 Å². The number of aromatic nitrogens is 3. The van der Waals surface area contributed by atoms with Crippen LogP contribution >= 0.6 is 0 Å². The van der Waals surface area contributed by atoms with Crippen LogP contribution in [0.4, 0.5) is 21.7 Å². The van der Waals surface area contributed by atoms with E-state index >= 15 is 0 Å². The lowest BCUT2D eigenvalue weighted by Crippen LogP contribution is -2.43. The van der Waals surface area contributed by atoms with E-state index < -0.39 is 15.8 Å². The number of nitrogens with two attached hydrogens (primary N) is 1. The van der Waals surface area contributed by atoms with Gasteiger partial charge < -0.3 is 20.1 Å². The number of anilines is 3. The highest BCUT2D eigenvalue weighted by Crippen LogP contribution is 2.37. The minimum atomic E-state index is -3.68. The van der Waals surface area contributed by atoms with Crippen molar-refractivity contribution in [1.29, 1.82) is 0 Å². The lowest BCUT2D eigenvalue weighted by Gasteiger charge is -2.32. The maximum atomic E-state index is 14.9. The zero-order valence-corrected chi connectivity index (χ0v) is 21.5. The van der Waals surface area contributed by atoms with Gasteiger partial charge in [-0.05, 0) is 43.0 Å². The predicted octanol–water partition coefficient (Wildman–Crippen LogP) is 3.45. The lowest BCUT2D eigenvalue weighted by atomic mass is 10.0. The van der Waals surface area contributed by atoms with Gasteiger partial charge in [-0.2, -0.15) is 0 Å². The second-order valence-corrected chi connectivity index (χ2v) is 11.1. The highest BCUT2D eigenvalue weighted by Gasteiger charge is 2.34. The zero-order chi connectivity index (χ0) is 26.2. The Morgan fingerprint density at radius 3 is 2.51 bits per heavy atom. The number of hydrogen-bond acceptors (Lipinski definition) is 9. The number of pyridine rings is 1. The van der Waals surface area contributed by atoms with Crippen LogP contribution in [0.3, 0.4) is 0 Å².